The van der Waals surface area contributed by atoms with Crippen molar-refractivity contribution in [2.45, 2.75) is 13.5 Å². The summed E-state index contributed by atoms with van der Waals surface area (Å²) in [4.78, 5) is 15.4. The highest BCUT2D eigenvalue weighted by molar-refractivity contribution is 6.32. The second-order valence-electron chi connectivity index (χ2n) is 3.90. The van der Waals surface area contributed by atoms with Crippen molar-refractivity contribution in [3.63, 3.8) is 0 Å². The topological polar surface area (TPSA) is 34.9 Å². The van der Waals surface area contributed by atoms with Gasteiger partial charge in [0, 0.05) is 11.6 Å². The van der Waals surface area contributed by atoms with Crippen LogP contribution in [0.5, 0.6) is 0 Å². The Hall–Kier alpha value is -1.89. The van der Waals surface area contributed by atoms with Crippen molar-refractivity contribution in [2.24, 2.45) is 0 Å². The molecule has 0 saturated heterocycles. The standard InChI is InChI=1S/C12H7ClF4N2O/c1-5-18-10(7-3-2-6(14)4-8(7)15)9(13)11(20)19(5)12(16)17/h2-4,12H,1H3. The van der Waals surface area contributed by atoms with Crippen molar-refractivity contribution in [1.82, 2.24) is 9.55 Å². The second kappa shape index (κ2) is 5.24. The molecule has 8 heteroatoms. The average Bonchev–Trinajstić information content (AvgIpc) is 2.34. The maximum atomic E-state index is 13.6. The van der Waals surface area contributed by atoms with Crippen LogP contribution in [0.15, 0.2) is 23.0 Å². The molecule has 1 aromatic heterocycles. The van der Waals surface area contributed by atoms with Gasteiger partial charge in [-0.25, -0.2) is 18.3 Å². The molecule has 3 nitrogen and oxygen atoms in total. The van der Waals surface area contributed by atoms with E-state index < -0.39 is 28.8 Å². The van der Waals surface area contributed by atoms with Crippen LogP contribution in [0.25, 0.3) is 11.3 Å². The van der Waals surface area contributed by atoms with E-state index in [1.54, 1.807) is 0 Å². The SMILES string of the molecule is Cc1nc(-c2ccc(F)cc2F)c(Cl)c(=O)n1C(F)F. The highest BCUT2D eigenvalue weighted by Crippen LogP contribution is 2.27. The minimum atomic E-state index is -3.11. The summed E-state index contributed by atoms with van der Waals surface area (Å²) in [6, 6.07) is 2.57. The molecule has 0 aliphatic heterocycles. The van der Waals surface area contributed by atoms with Crippen molar-refractivity contribution >= 4 is 11.6 Å². The van der Waals surface area contributed by atoms with Crippen LogP contribution in [0.2, 0.25) is 5.02 Å². The molecule has 0 bridgehead atoms. The van der Waals surface area contributed by atoms with Gasteiger partial charge in [0.1, 0.15) is 22.5 Å². The fourth-order valence-corrected chi connectivity index (χ4v) is 1.94. The van der Waals surface area contributed by atoms with E-state index >= 15 is 0 Å². The summed E-state index contributed by atoms with van der Waals surface area (Å²) in [5.41, 5.74) is -1.73. The van der Waals surface area contributed by atoms with E-state index in [0.717, 1.165) is 19.1 Å². The zero-order chi connectivity index (χ0) is 15.0. The first-order valence-corrected chi connectivity index (χ1v) is 5.73. The van der Waals surface area contributed by atoms with Crippen LogP contribution in [0.4, 0.5) is 17.6 Å². The third-order valence-electron chi connectivity index (χ3n) is 2.62. The smallest absolute Gasteiger partial charge is 0.267 e. The average molecular weight is 307 g/mol. The van der Waals surface area contributed by atoms with Crippen molar-refractivity contribution in [2.75, 3.05) is 0 Å². The van der Waals surface area contributed by atoms with Gasteiger partial charge in [0.05, 0.1) is 5.69 Å². The maximum absolute atomic E-state index is 13.6. The molecule has 106 valence electrons. The number of aryl methyl sites for hydroxylation is 1. The summed E-state index contributed by atoms with van der Waals surface area (Å²) in [5, 5.41) is -0.651. The monoisotopic (exact) mass is 306 g/mol. The van der Waals surface area contributed by atoms with Crippen LogP contribution in [-0.4, -0.2) is 9.55 Å². The lowest BCUT2D eigenvalue weighted by atomic mass is 10.1. The van der Waals surface area contributed by atoms with E-state index in [1.165, 1.54) is 0 Å². The predicted molar refractivity (Wildman–Crippen MR) is 64.8 cm³/mol. The predicted octanol–water partition coefficient (Wildman–Crippen LogP) is 3.55. The van der Waals surface area contributed by atoms with E-state index in [9.17, 15) is 22.4 Å². The van der Waals surface area contributed by atoms with Gasteiger partial charge in [0.25, 0.3) is 5.56 Å². The normalized spacial score (nSPS) is 11.2. The first kappa shape index (κ1) is 14.5. The number of hydrogen-bond acceptors (Lipinski definition) is 2. The molecule has 0 amide bonds. The molecule has 2 aromatic rings. The Balaban J connectivity index is 2.74. The van der Waals surface area contributed by atoms with Gasteiger partial charge in [-0.15, -0.1) is 0 Å². The van der Waals surface area contributed by atoms with E-state index in [1.807, 2.05) is 0 Å². The molecular weight excluding hydrogens is 300 g/mol. The molecule has 0 aliphatic carbocycles. The van der Waals surface area contributed by atoms with Crippen LogP contribution in [0, 0.1) is 18.6 Å². The molecule has 0 atom stereocenters. The van der Waals surface area contributed by atoms with Crippen LogP contribution in [-0.2, 0) is 0 Å². The molecule has 1 aromatic carbocycles. The molecule has 2 rings (SSSR count). The summed E-state index contributed by atoms with van der Waals surface area (Å²) in [6.45, 7) is -1.95. The number of aromatic nitrogens is 2. The molecule has 0 spiro atoms. The Kier molecular flexibility index (Phi) is 3.80. The molecule has 0 fully saturated rings. The highest BCUT2D eigenvalue weighted by atomic mass is 35.5. The van der Waals surface area contributed by atoms with Crippen LogP contribution < -0.4 is 5.56 Å². The summed E-state index contributed by atoms with van der Waals surface area (Å²) in [5.74, 6) is -2.14. The number of alkyl halides is 2. The van der Waals surface area contributed by atoms with E-state index in [-0.39, 0.29) is 21.6 Å². The first-order chi connectivity index (χ1) is 9.32. The molecule has 1 heterocycles. The van der Waals surface area contributed by atoms with E-state index in [2.05, 4.69) is 4.98 Å². The van der Waals surface area contributed by atoms with Crippen molar-refractivity contribution in [3.05, 3.63) is 51.0 Å². The Morgan fingerprint density at radius 1 is 1.30 bits per heavy atom. The number of nitrogens with zero attached hydrogens (tertiary/aromatic N) is 2. The van der Waals surface area contributed by atoms with Crippen molar-refractivity contribution in [3.8, 4) is 11.3 Å². The van der Waals surface area contributed by atoms with E-state index in [4.69, 9.17) is 11.6 Å². The Morgan fingerprint density at radius 2 is 1.95 bits per heavy atom. The molecule has 0 aliphatic rings. The third-order valence-corrected chi connectivity index (χ3v) is 2.96. The van der Waals surface area contributed by atoms with Crippen molar-refractivity contribution in [1.29, 1.82) is 0 Å². The van der Waals surface area contributed by atoms with Gasteiger partial charge in [-0.2, -0.15) is 8.78 Å². The van der Waals surface area contributed by atoms with Crippen molar-refractivity contribution < 1.29 is 17.6 Å². The van der Waals surface area contributed by atoms with Gasteiger partial charge in [-0.1, -0.05) is 11.6 Å². The minimum absolute atomic E-state index is 0.0905. The molecule has 0 N–H and O–H groups in total. The molecule has 0 unspecified atom stereocenters. The third kappa shape index (κ3) is 2.40. The fraction of sp³-hybridized carbons (Fsp3) is 0.167. The van der Waals surface area contributed by atoms with E-state index in [0.29, 0.717) is 6.07 Å². The van der Waals surface area contributed by atoms with Crippen LogP contribution >= 0.6 is 11.6 Å². The Bertz CT molecular complexity index is 730. The Labute approximate surface area is 115 Å². The second-order valence-corrected chi connectivity index (χ2v) is 4.28. The van der Waals surface area contributed by atoms with Gasteiger partial charge in [0.2, 0.25) is 0 Å². The van der Waals surface area contributed by atoms with Gasteiger partial charge >= 0.3 is 6.55 Å². The van der Waals surface area contributed by atoms with Gasteiger partial charge < -0.3 is 0 Å². The largest absolute Gasteiger partial charge is 0.322 e. The summed E-state index contributed by atoms with van der Waals surface area (Å²) < 4.78 is 51.9. The zero-order valence-corrected chi connectivity index (χ0v) is 10.8. The minimum Gasteiger partial charge on any atom is -0.267 e. The van der Waals surface area contributed by atoms with Gasteiger partial charge in [-0.05, 0) is 19.1 Å². The van der Waals surface area contributed by atoms with Gasteiger partial charge in [-0.3, -0.25) is 4.79 Å². The lowest BCUT2D eigenvalue weighted by molar-refractivity contribution is 0.0628. The lowest BCUT2D eigenvalue weighted by Crippen LogP contribution is -2.25. The number of halogens is 5. The highest BCUT2D eigenvalue weighted by Gasteiger charge is 2.21. The summed E-state index contributed by atoms with van der Waals surface area (Å²) in [7, 11) is 0. The summed E-state index contributed by atoms with van der Waals surface area (Å²) >= 11 is 5.67. The fourth-order valence-electron chi connectivity index (χ4n) is 1.71. The quantitative estimate of drug-likeness (QED) is 0.795. The zero-order valence-electron chi connectivity index (χ0n) is 10.0. The first-order valence-electron chi connectivity index (χ1n) is 5.35. The molecule has 20 heavy (non-hydrogen) atoms. The maximum Gasteiger partial charge on any atom is 0.322 e. The van der Waals surface area contributed by atoms with Gasteiger partial charge in [0.15, 0.2) is 0 Å². The number of rotatable bonds is 2. The number of hydrogen-bond donors (Lipinski definition) is 0. The molecule has 0 saturated carbocycles. The summed E-state index contributed by atoms with van der Waals surface area (Å²) in [6.07, 6.45) is 0. The van der Waals surface area contributed by atoms with Crippen LogP contribution in [0.3, 0.4) is 0 Å². The lowest BCUT2D eigenvalue weighted by Gasteiger charge is -2.12. The number of benzene rings is 1. The molecule has 0 radical (unpaired) electrons. The Morgan fingerprint density at radius 3 is 2.50 bits per heavy atom. The molecular formula is C12H7ClF4N2O. The van der Waals surface area contributed by atoms with Crippen LogP contribution in [0.1, 0.15) is 12.4 Å².